The molecule has 0 atom stereocenters. The number of fused-ring (bicyclic) bond motifs is 2. The van der Waals surface area contributed by atoms with Gasteiger partial charge in [0.25, 0.3) is 0 Å². The van der Waals surface area contributed by atoms with E-state index in [-0.39, 0.29) is 5.63 Å². The molecule has 1 aromatic heterocycles. The fraction of sp³-hybridized carbons (Fsp3) is 0.375. The summed E-state index contributed by atoms with van der Waals surface area (Å²) >= 11 is 0. The molecular weight excluding hydrogens is 366 g/mol. The topological polar surface area (TPSA) is 51.9 Å². The van der Waals surface area contributed by atoms with E-state index in [0.29, 0.717) is 12.3 Å². The number of nitrogens with zero attached hydrogens (tertiary/aromatic N) is 1. The first kappa shape index (κ1) is 19.5. The average Bonchev–Trinajstić information content (AvgIpc) is 2.73. The number of para-hydroxylation sites is 1. The first-order chi connectivity index (χ1) is 14.1. The lowest BCUT2D eigenvalue weighted by atomic mass is 9.98. The molecule has 0 N–H and O–H groups in total. The smallest absolute Gasteiger partial charge is 0.336 e. The number of ether oxygens (including phenoxy) is 2. The second-order valence-corrected chi connectivity index (χ2v) is 7.63. The molecule has 4 rings (SSSR count). The van der Waals surface area contributed by atoms with Crippen LogP contribution in [0.1, 0.15) is 42.0 Å². The van der Waals surface area contributed by atoms with Crippen molar-refractivity contribution in [1.82, 2.24) is 4.90 Å². The van der Waals surface area contributed by atoms with Gasteiger partial charge in [0, 0.05) is 41.2 Å². The summed E-state index contributed by atoms with van der Waals surface area (Å²) in [5, 5.41) is 1.03. The van der Waals surface area contributed by atoms with Crippen molar-refractivity contribution < 1.29 is 13.9 Å². The maximum atomic E-state index is 12.1. The van der Waals surface area contributed by atoms with Gasteiger partial charge in [0.2, 0.25) is 0 Å². The molecule has 2 aromatic carbocycles. The zero-order valence-electron chi connectivity index (χ0n) is 17.3. The summed E-state index contributed by atoms with van der Waals surface area (Å²) in [6, 6.07) is 11.8. The van der Waals surface area contributed by atoms with Crippen LogP contribution in [0.4, 0.5) is 0 Å². The van der Waals surface area contributed by atoms with E-state index in [4.69, 9.17) is 13.9 Å². The third-order valence-electron chi connectivity index (χ3n) is 5.55. The van der Waals surface area contributed by atoms with Crippen LogP contribution in [-0.2, 0) is 19.5 Å². The minimum absolute atomic E-state index is 0.291. The molecule has 2 heterocycles. The van der Waals surface area contributed by atoms with Gasteiger partial charge in [0.15, 0.2) is 0 Å². The normalized spacial score (nSPS) is 13.9. The highest BCUT2D eigenvalue weighted by molar-refractivity contribution is 5.86. The molecule has 0 aliphatic carbocycles. The first-order valence-electron chi connectivity index (χ1n) is 10.2. The second kappa shape index (κ2) is 8.29. The molecule has 0 bridgehead atoms. The lowest BCUT2D eigenvalue weighted by Crippen LogP contribution is -2.32. The number of hydrogen-bond acceptors (Lipinski definition) is 5. The van der Waals surface area contributed by atoms with Crippen molar-refractivity contribution in [2.45, 2.75) is 46.2 Å². The molecule has 0 spiro atoms. The molecule has 0 saturated heterocycles. The van der Waals surface area contributed by atoms with Gasteiger partial charge in [-0.2, -0.15) is 0 Å². The number of aryl methyl sites for hydroxylation is 2. The maximum Gasteiger partial charge on any atom is 0.336 e. The molecule has 1 aliphatic heterocycles. The summed E-state index contributed by atoms with van der Waals surface area (Å²) in [7, 11) is 1.70. The Hall–Kier alpha value is -2.79. The molecule has 0 fully saturated rings. The van der Waals surface area contributed by atoms with Crippen LogP contribution in [0.2, 0.25) is 0 Å². The van der Waals surface area contributed by atoms with E-state index in [9.17, 15) is 4.79 Å². The van der Waals surface area contributed by atoms with Crippen LogP contribution in [0.3, 0.4) is 0 Å². The zero-order valence-corrected chi connectivity index (χ0v) is 17.3. The Labute approximate surface area is 170 Å². The van der Waals surface area contributed by atoms with Crippen LogP contribution in [-0.4, -0.2) is 18.7 Å². The highest BCUT2D eigenvalue weighted by atomic mass is 16.5. The molecule has 0 unspecified atom stereocenters. The molecule has 29 heavy (non-hydrogen) atoms. The van der Waals surface area contributed by atoms with Gasteiger partial charge < -0.3 is 13.9 Å². The SMILES string of the molecule is CCCCc1cc(=O)oc2c(C)c3c(cc12)CN(Cc1ccccc1OC)CO3. The first-order valence-corrected chi connectivity index (χ1v) is 10.2. The fourth-order valence-corrected chi connectivity index (χ4v) is 4.08. The Morgan fingerprint density at radius 2 is 2.00 bits per heavy atom. The molecule has 3 aromatic rings. The van der Waals surface area contributed by atoms with Gasteiger partial charge in [0.05, 0.1) is 7.11 Å². The van der Waals surface area contributed by atoms with Crippen molar-refractivity contribution in [2.24, 2.45) is 0 Å². The lowest BCUT2D eigenvalue weighted by molar-refractivity contribution is 0.0874. The van der Waals surface area contributed by atoms with Crippen molar-refractivity contribution >= 4 is 11.0 Å². The number of benzene rings is 2. The summed E-state index contributed by atoms with van der Waals surface area (Å²) < 4.78 is 17.2. The Morgan fingerprint density at radius 1 is 1.17 bits per heavy atom. The third-order valence-corrected chi connectivity index (χ3v) is 5.55. The fourth-order valence-electron chi connectivity index (χ4n) is 4.08. The van der Waals surface area contributed by atoms with E-state index in [1.807, 2.05) is 25.1 Å². The number of rotatable bonds is 6. The van der Waals surface area contributed by atoms with E-state index < -0.39 is 0 Å². The Balaban J connectivity index is 1.69. The summed E-state index contributed by atoms with van der Waals surface area (Å²) in [6.45, 7) is 6.13. The van der Waals surface area contributed by atoms with Crippen LogP contribution >= 0.6 is 0 Å². The standard InChI is InChI=1S/C24H27NO4/c1-4-5-8-17-12-22(26)29-24-16(2)23-19(11-20(17)24)14-25(15-28-23)13-18-9-6-7-10-21(18)27-3/h6-7,9-12H,4-5,8,13-15H2,1-3H3. The highest BCUT2D eigenvalue weighted by Gasteiger charge is 2.23. The van der Waals surface area contributed by atoms with E-state index in [2.05, 4.69) is 24.0 Å². The number of hydrogen-bond donors (Lipinski definition) is 0. The molecule has 1 aliphatic rings. The largest absolute Gasteiger partial charge is 0.496 e. The second-order valence-electron chi connectivity index (χ2n) is 7.63. The zero-order chi connectivity index (χ0) is 20.4. The quantitative estimate of drug-likeness (QED) is 0.563. The maximum absolute atomic E-state index is 12.1. The third kappa shape index (κ3) is 3.87. The molecule has 0 radical (unpaired) electrons. The minimum Gasteiger partial charge on any atom is -0.496 e. The van der Waals surface area contributed by atoms with Gasteiger partial charge in [-0.15, -0.1) is 0 Å². The van der Waals surface area contributed by atoms with Gasteiger partial charge in [0.1, 0.15) is 23.8 Å². The van der Waals surface area contributed by atoms with Crippen LogP contribution in [0.25, 0.3) is 11.0 Å². The van der Waals surface area contributed by atoms with Gasteiger partial charge in [-0.1, -0.05) is 31.5 Å². The lowest BCUT2D eigenvalue weighted by Gasteiger charge is -2.30. The molecule has 0 saturated carbocycles. The van der Waals surface area contributed by atoms with Gasteiger partial charge in [-0.25, -0.2) is 4.79 Å². The Morgan fingerprint density at radius 3 is 2.79 bits per heavy atom. The van der Waals surface area contributed by atoms with E-state index in [1.165, 1.54) is 0 Å². The summed E-state index contributed by atoms with van der Waals surface area (Å²) in [4.78, 5) is 14.3. The van der Waals surface area contributed by atoms with Crippen LogP contribution in [0, 0.1) is 6.92 Å². The Bertz CT molecular complexity index is 1090. The van der Waals surface area contributed by atoms with Gasteiger partial charge >= 0.3 is 5.63 Å². The van der Waals surface area contributed by atoms with Crippen LogP contribution in [0.15, 0.2) is 45.6 Å². The molecule has 152 valence electrons. The van der Waals surface area contributed by atoms with Crippen molar-refractivity contribution in [3.8, 4) is 11.5 Å². The molecule has 0 amide bonds. The van der Waals surface area contributed by atoms with Gasteiger partial charge in [-0.3, -0.25) is 4.90 Å². The van der Waals surface area contributed by atoms with Crippen molar-refractivity contribution in [3.05, 3.63) is 69.1 Å². The molecular formula is C24H27NO4. The molecule has 5 nitrogen and oxygen atoms in total. The highest BCUT2D eigenvalue weighted by Crippen LogP contribution is 2.36. The predicted octanol–water partition coefficient (Wildman–Crippen LogP) is 4.80. The Kier molecular flexibility index (Phi) is 5.58. The van der Waals surface area contributed by atoms with Crippen molar-refractivity contribution in [1.29, 1.82) is 0 Å². The van der Waals surface area contributed by atoms with Crippen LogP contribution < -0.4 is 15.1 Å². The van der Waals surface area contributed by atoms with E-state index in [1.54, 1.807) is 13.2 Å². The number of unbranched alkanes of at least 4 members (excludes halogenated alkanes) is 1. The predicted molar refractivity (Wildman–Crippen MR) is 114 cm³/mol. The summed E-state index contributed by atoms with van der Waals surface area (Å²) in [5.41, 5.74) is 4.59. The van der Waals surface area contributed by atoms with E-state index in [0.717, 1.165) is 71.5 Å². The number of methoxy groups -OCH3 is 1. The minimum atomic E-state index is -0.291. The molecule has 5 heteroatoms. The van der Waals surface area contributed by atoms with Crippen molar-refractivity contribution in [2.75, 3.05) is 13.8 Å². The summed E-state index contributed by atoms with van der Waals surface area (Å²) in [5.74, 6) is 1.72. The average molecular weight is 393 g/mol. The van der Waals surface area contributed by atoms with Crippen LogP contribution in [0.5, 0.6) is 11.5 Å². The van der Waals surface area contributed by atoms with Crippen molar-refractivity contribution in [3.63, 3.8) is 0 Å². The van der Waals surface area contributed by atoms with E-state index >= 15 is 0 Å². The monoisotopic (exact) mass is 393 g/mol. The summed E-state index contributed by atoms with van der Waals surface area (Å²) in [6.07, 6.45) is 3.01. The van der Waals surface area contributed by atoms with Gasteiger partial charge in [-0.05, 0) is 37.5 Å².